The van der Waals surface area contributed by atoms with Crippen LogP contribution in [0.2, 0.25) is 0 Å². The molecule has 538 valence electrons. The highest BCUT2D eigenvalue weighted by atomic mass is 31.2. The van der Waals surface area contributed by atoms with E-state index in [1.165, 1.54) is 77.0 Å². The summed E-state index contributed by atoms with van der Waals surface area (Å²) >= 11 is 0. The minimum absolute atomic E-state index is 0.00697. The molecule has 92 heavy (non-hydrogen) atoms. The molecule has 0 aromatic heterocycles. The average Bonchev–Trinajstić information content (AvgIpc) is 0.800. The van der Waals surface area contributed by atoms with E-state index in [4.69, 9.17) is 46.9 Å². The van der Waals surface area contributed by atoms with Gasteiger partial charge in [0.15, 0.2) is 25.0 Å². The molecule has 15 N–H and O–H groups in total. The Hall–Kier alpha value is -2.27. The summed E-state index contributed by atoms with van der Waals surface area (Å²) < 4.78 is 69.9. The highest BCUT2D eigenvalue weighted by Crippen LogP contribution is 2.49. The Morgan fingerprint density at radius 2 is 0.783 bits per heavy atom. The first-order valence-corrected chi connectivity index (χ1v) is 35.2. The van der Waals surface area contributed by atoms with Crippen molar-refractivity contribution in [2.75, 3.05) is 33.0 Å². The van der Waals surface area contributed by atoms with Crippen LogP contribution in [0.3, 0.4) is 0 Å². The number of hydrogen-bond donors (Lipinski definition) is 15. The molecule has 28 nitrogen and oxygen atoms in total. The quantitative estimate of drug-likeness (QED) is 0.0180. The van der Waals surface area contributed by atoms with Crippen LogP contribution in [-0.2, 0) is 61.1 Å². The number of unbranched alkanes of at least 4 members (excludes halogenated alkanes) is 22. The number of aliphatic hydroxyl groups is 14. The number of carbonyl (C=O) groups excluding carboxylic acids is 2. The van der Waals surface area contributed by atoms with Crippen LogP contribution in [0.25, 0.3) is 0 Å². The molecule has 0 bridgehead atoms. The molecule has 0 aromatic carbocycles. The number of phosphoric ester groups is 1. The smallest absolute Gasteiger partial charge is 0.462 e. The zero-order valence-corrected chi connectivity index (χ0v) is 54.7. The number of esters is 2. The second kappa shape index (κ2) is 45.3. The molecule has 0 spiro atoms. The molecule has 0 amide bonds. The van der Waals surface area contributed by atoms with Gasteiger partial charge in [0.25, 0.3) is 0 Å². The monoisotopic (exact) mass is 1350 g/mol. The van der Waals surface area contributed by atoms with E-state index in [9.17, 15) is 90.5 Å². The van der Waals surface area contributed by atoms with Gasteiger partial charge in [-0.05, 0) is 64.2 Å². The molecular weight excluding hydrogens is 1240 g/mol. The van der Waals surface area contributed by atoms with E-state index >= 15 is 0 Å². The van der Waals surface area contributed by atoms with Gasteiger partial charge in [0.1, 0.15) is 116 Å². The van der Waals surface area contributed by atoms with Crippen molar-refractivity contribution in [3.8, 4) is 0 Å². The van der Waals surface area contributed by atoms with Crippen LogP contribution in [0.15, 0.2) is 24.3 Å². The van der Waals surface area contributed by atoms with Gasteiger partial charge in [-0.25, -0.2) is 4.57 Å². The maximum atomic E-state index is 14.3. The lowest BCUT2D eigenvalue weighted by atomic mass is 9.84. The summed E-state index contributed by atoms with van der Waals surface area (Å²) in [7, 11) is -5.76. The predicted molar refractivity (Wildman–Crippen MR) is 328 cm³/mol. The Kier molecular flexibility index (Phi) is 40.5. The van der Waals surface area contributed by atoms with Gasteiger partial charge in [-0.15, -0.1) is 0 Å². The van der Waals surface area contributed by atoms with Crippen molar-refractivity contribution in [1.82, 2.24) is 0 Å². The van der Waals surface area contributed by atoms with Crippen LogP contribution in [0.1, 0.15) is 194 Å². The fraction of sp³-hybridized carbons (Fsp3) is 0.905. The lowest BCUT2D eigenvalue weighted by Gasteiger charge is -2.49. The molecular formula is C63H113O28P. The molecule has 29 heteroatoms. The van der Waals surface area contributed by atoms with Gasteiger partial charge in [-0.2, -0.15) is 0 Å². The maximum absolute atomic E-state index is 14.3. The van der Waals surface area contributed by atoms with Crippen LogP contribution in [0.4, 0.5) is 0 Å². The number of phosphoric acid groups is 1. The van der Waals surface area contributed by atoms with Crippen molar-refractivity contribution in [2.45, 2.75) is 328 Å². The summed E-state index contributed by atoms with van der Waals surface area (Å²) in [5.74, 6) is -1.42. The summed E-state index contributed by atoms with van der Waals surface area (Å²) in [6.45, 7) is 0.0396. The van der Waals surface area contributed by atoms with Gasteiger partial charge in [-0.1, -0.05) is 141 Å². The van der Waals surface area contributed by atoms with E-state index in [0.29, 0.717) is 19.3 Å². The highest BCUT2D eigenvalue weighted by Gasteiger charge is 2.58. The molecule has 4 fully saturated rings. The fourth-order valence-corrected chi connectivity index (χ4v) is 12.3. The Morgan fingerprint density at radius 1 is 0.424 bits per heavy atom. The minimum atomic E-state index is -5.76. The topological polar surface area (TPSA) is 447 Å². The second-order valence-electron chi connectivity index (χ2n) is 24.7. The van der Waals surface area contributed by atoms with Gasteiger partial charge in [0, 0.05) is 12.8 Å². The van der Waals surface area contributed by atoms with E-state index in [0.717, 1.165) is 70.6 Å². The Bertz CT molecular complexity index is 2080. The largest absolute Gasteiger partial charge is 0.472 e. The zero-order chi connectivity index (χ0) is 67.6. The van der Waals surface area contributed by atoms with Gasteiger partial charge >= 0.3 is 19.8 Å². The van der Waals surface area contributed by atoms with E-state index in [-0.39, 0.29) is 12.8 Å². The molecule has 1 aliphatic carbocycles. The minimum Gasteiger partial charge on any atom is -0.462 e. The van der Waals surface area contributed by atoms with Gasteiger partial charge in [-0.3, -0.25) is 18.6 Å². The van der Waals surface area contributed by atoms with Crippen molar-refractivity contribution >= 4 is 19.8 Å². The third-order valence-corrected chi connectivity index (χ3v) is 18.1. The molecule has 4 aliphatic rings. The summed E-state index contributed by atoms with van der Waals surface area (Å²) in [5.41, 5.74) is 0. The molecule has 0 aromatic rings. The average molecular weight is 1350 g/mol. The van der Waals surface area contributed by atoms with Crippen molar-refractivity contribution in [3.05, 3.63) is 24.3 Å². The summed E-state index contributed by atoms with van der Waals surface area (Å²) in [4.78, 5) is 37.9. The number of rotatable bonds is 47. The standard InChI is InChI=1S/C63H113O28P/c1-3-5-7-9-11-13-15-17-19-21-23-25-27-29-31-33-44(66)82-37-40(85-45(67)34-32-30-28-26-24-22-20-18-16-14-12-10-8-6-4-2)38-84-92(80,81)91-60-58(89-62-56(78)50(72)47(69)42(36-65)87-62)53(75)52(74)54(76)59(60)90-63-57(79)51(73)48(70)43(88-63)39-83-61-55(77)49(71)46(68)41(35-64)86-61/h17-20,40-43,46-65,68-79H,3-16,21-39H2,1-2H3,(H,80,81)/b19-17-,20-18-/t40-,41?,42?,43?,46+,47-,48+,49?,50?,51?,52+,53?,54?,55+,56-,57+,58-,59?,60+,61-,62-,63+/m1/s1. The van der Waals surface area contributed by atoms with Gasteiger partial charge in [0.2, 0.25) is 0 Å². The molecule has 10 unspecified atom stereocenters. The molecule has 3 aliphatic heterocycles. The summed E-state index contributed by atoms with van der Waals surface area (Å²) in [5, 5.41) is 150. The summed E-state index contributed by atoms with van der Waals surface area (Å²) in [6, 6.07) is 0. The Labute approximate surface area is 541 Å². The van der Waals surface area contributed by atoms with Crippen molar-refractivity contribution in [2.24, 2.45) is 0 Å². The van der Waals surface area contributed by atoms with Crippen LogP contribution in [0.5, 0.6) is 0 Å². The Balaban J connectivity index is 1.48. The molecule has 1 saturated carbocycles. The van der Waals surface area contributed by atoms with E-state index < -0.39 is 188 Å². The van der Waals surface area contributed by atoms with Crippen LogP contribution < -0.4 is 0 Å². The third kappa shape index (κ3) is 28.3. The molecule has 4 rings (SSSR count). The molecule has 3 heterocycles. The van der Waals surface area contributed by atoms with Crippen LogP contribution in [0, 0.1) is 0 Å². The van der Waals surface area contributed by atoms with Gasteiger partial charge in [0.05, 0.1) is 26.4 Å². The molecule has 0 radical (unpaired) electrons. The zero-order valence-electron chi connectivity index (χ0n) is 53.8. The Morgan fingerprint density at radius 3 is 1.22 bits per heavy atom. The first-order valence-electron chi connectivity index (χ1n) is 33.7. The van der Waals surface area contributed by atoms with Crippen molar-refractivity contribution in [3.63, 3.8) is 0 Å². The third-order valence-electron chi connectivity index (χ3n) is 17.1. The van der Waals surface area contributed by atoms with Crippen molar-refractivity contribution in [1.29, 1.82) is 0 Å². The number of hydrogen-bond acceptors (Lipinski definition) is 27. The number of aliphatic hydroxyl groups excluding tert-OH is 14. The van der Waals surface area contributed by atoms with Crippen LogP contribution >= 0.6 is 7.82 Å². The highest BCUT2D eigenvalue weighted by molar-refractivity contribution is 7.47. The molecule has 3 saturated heterocycles. The fourth-order valence-electron chi connectivity index (χ4n) is 11.3. The first-order chi connectivity index (χ1) is 44.1. The number of carbonyl (C=O) groups is 2. The van der Waals surface area contributed by atoms with E-state index in [2.05, 4.69) is 38.2 Å². The molecule has 23 atom stereocenters. The lowest BCUT2D eigenvalue weighted by Crippen LogP contribution is -2.69. The van der Waals surface area contributed by atoms with Crippen molar-refractivity contribution < 1.29 is 137 Å². The number of ether oxygens (including phenoxy) is 8. The SMILES string of the molecule is CCCCCCCC/C=C\CCCCCCCC(=O)OC[C@H](COP(=O)(O)O[C@@H]1C(O[C@@H]2OC(CO[C@@H]3OC(CO)[C@H](O)C(O)[C@@H]3O)[C@H](O)C(O)[C@@H]2O)C(O)[C@@H](O)C(O)[C@H]1O[C@H]1OC(CO)[C@@H](O)C(O)[C@H]1O)OC(=O)CCCCCCC/C=C\CCCCCCCC. The van der Waals surface area contributed by atoms with E-state index in [1.807, 2.05) is 0 Å². The first kappa shape index (κ1) is 82.2. The van der Waals surface area contributed by atoms with Crippen LogP contribution in [-0.4, -0.2) is 256 Å². The second-order valence-corrected chi connectivity index (χ2v) is 26.1. The van der Waals surface area contributed by atoms with Gasteiger partial charge < -0.3 is 114 Å². The number of allylic oxidation sites excluding steroid dienone is 4. The predicted octanol–water partition coefficient (Wildman–Crippen LogP) is 2.31. The summed E-state index contributed by atoms with van der Waals surface area (Å²) in [6.07, 6.45) is -9.84. The normalized spacial score (nSPS) is 33.9. The maximum Gasteiger partial charge on any atom is 0.472 e. The van der Waals surface area contributed by atoms with E-state index in [1.54, 1.807) is 0 Å². The lowest BCUT2D eigenvalue weighted by molar-refractivity contribution is -0.364.